The van der Waals surface area contributed by atoms with Gasteiger partial charge in [0.2, 0.25) is 0 Å². The molecule has 1 fully saturated rings. The van der Waals surface area contributed by atoms with Crippen molar-refractivity contribution in [3.05, 3.63) is 24.2 Å². The molecule has 0 bridgehead atoms. The highest BCUT2D eigenvalue weighted by Gasteiger charge is 2.11. The number of hydrogen-bond donors (Lipinski definition) is 1. The van der Waals surface area contributed by atoms with Gasteiger partial charge in [0.1, 0.15) is 12.3 Å². The Morgan fingerprint density at radius 3 is 3.00 bits per heavy atom. The van der Waals surface area contributed by atoms with Gasteiger partial charge in [0.25, 0.3) is 0 Å². The fourth-order valence-corrected chi connectivity index (χ4v) is 2.36. The van der Waals surface area contributed by atoms with Crippen LogP contribution in [0.5, 0.6) is 0 Å². The van der Waals surface area contributed by atoms with E-state index in [1.807, 2.05) is 23.9 Å². The van der Waals surface area contributed by atoms with Gasteiger partial charge in [0.15, 0.2) is 5.96 Å². The molecular formula is C10H15N3OS. The fourth-order valence-electron chi connectivity index (χ4n) is 1.45. The van der Waals surface area contributed by atoms with Crippen LogP contribution in [0.25, 0.3) is 0 Å². The number of furan rings is 1. The van der Waals surface area contributed by atoms with Gasteiger partial charge < -0.3 is 15.1 Å². The van der Waals surface area contributed by atoms with E-state index in [-0.39, 0.29) is 0 Å². The van der Waals surface area contributed by atoms with Crippen molar-refractivity contribution in [3.63, 3.8) is 0 Å². The summed E-state index contributed by atoms with van der Waals surface area (Å²) in [6.07, 6.45) is 1.65. The number of hydrogen-bond acceptors (Lipinski definition) is 3. The lowest BCUT2D eigenvalue weighted by atomic mass is 10.4. The molecule has 15 heavy (non-hydrogen) atoms. The Labute approximate surface area is 93.5 Å². The third kappa shape index (κ3) is 2.92. The summed E-state index contributed by atoms with van der Waals surface area (Å²) < 4.78 is 5.19. The van der Waals surface area contributed by atoms with Crippen LogP contribution in [0.2, 0.25) is 0 Å². The topological polar surface area (TPSA) is 54.8 Å². The molecule has 82 valence electrons. The number of nitrogens with two attached hydrogens (primary N) is 1. The number of thioether (sulfide) groups is 1. The number of guanidine groups is 1. The molecule has 5 heteroatoms. The summed E-state index contributed by atoms with van der Waals surface area (Å²) in [6, 6.07) is 3.77. The van der Waals surface area contributed by atoms with Crippen molar-refractivity contribution in [2.45, 2.75) is 6.54 Å². The quantitative estimate of drug-likeness (QED) is 0.606. The van der Waals surface area contributed by atoms with Crippen molar-refractivity contribution in [2.75, 3.05) is 24.6 Å². The molecule has 0 amide bonds. The minimum Gasteiger partial charge on any atom is -0.467 e. The molecule has 2 N–H and O–H groups in total. The standard InChI is InChI=1S/C10H15N3OS/c11-10(13-3-6-15-7-4-13)12-8-9-2-1-5-14-9/h1-2,5H,3-4,6-8H2,(H2,11,12). The van der Waals surface area contributed by atoms with Crippen LogP contribution in [-0.2, 0) is 6.54 Å². The molecule has 0 aromatic carbocycles. The van der Waals surface area contributed by atoms with E-state index >= 15 is 0 Å². The van der Waals surface area contributed by atoms with Gasteiger partial charge in [0, 0.05) is 24.6 Å². The predicted octanol–water partition coefficient (Wildman–Crippen LogP) is 1.14. The van der Waals surface area contributed by atoms with Crippen LogP contribution in [0, 0.1) is 0 Å². The first-order valence-electron chi connectivity index (χ1n) is 5.01. The highest BCUT2D eigenvalue weighted by molar-refractivity contribution is 7.99. The van der Waals surface area contributed by atoms with Crippen molar-refractivity contribution >= 4 is 17.7 Å². The van der Waals surface area contributed by atoms with Gasteiger partial charge >= 0.3 is 0 Å². The van der Waals surface area contributed by atoms with Crippen molar-refractivity contribution in [3.8, 4) is 0 Å². The summed E-state index contributed by atoms with van der Waals surface area (Å²) in [4.78, 5) is 6.43. The van der Waals surface area contributed by atoms with Gasteiger partial charge in [-0.15, -0.1) is 0 Å². The second kappa shape index (κ2) is 5.11. The fraction of sp³-hybridized carbons (Fsp3) is 0.500. The molecule has 2 rings (SSSR count). The molecule has 2 heterocycles. The SMILES string of the molecule is NC(=NCc1ccco1)N1CCSCC1. The zero-order valence-electron chi connectivity index (χ0n) is 8.56. The Bertz CT molecular complexity index is 317. The normalized spacial score (nSPS) is 18.1. The number of nitrogens with zero attached hydrogens (tertiary/aromatic N) is 2. The van der Waals surface area contributed by atoms with Crippen LogP contribution >= 0.6 is 11.8 Å². The van der Waals surface area contributed by atoms with E-state index in [0.29, 0.717) is 12.5 Å². The molecule has 0 aliphatic carbocycles. The third-order valence-corrected chi connectivity index (χ3v) is 3.25. The van der Waals surface area contributed by atoms with Crippen molar-refractivity contribution in [1.82, 2.24) is 4.90 Å². The van der Waals surface area contributed by atoms with Crippen LogP contribution in [0.3, 0.4) is 0 Å². The molecular weight excluding hydrogens is 210 g/mol. The summed E-state index contributed by atoms with van der Waals surface area (Å²) in [5, 5.41) is 0. The minimum atomic E-state index is 0.530. The Hall–Kier alpha value is -1.10. The largest absolute Gasteiger partial charge is 0.467 e. The van der Waals surface area contributed by atoms with Gasteiger partial charge in [-0.25, -0.2) is 4.99 Å². The highest BCUT2D eigenvalue weighted by Crippen LogP contribution is 2.09. The zero-order valence-corrected chi connectivity index (χ0v) is 9.37. The average Bonchev–Trinajstić information content (AvgIpc) is 2.80. The third-order valence-electron chi connectivity index (χ3n) is 2.31. The maximum absolute atomic E-state index is 5.89. The molecule has 1 saturated heterocycles. The van der Waals surface area contributed by atoms with Gasteiger partial charge in [0.05, 0.1) is 6.26 Å². The lowest BCUT2D eigenvalue weighted by molar-refractivity contribution is 0.452. The Kier molecular flexibility index (Phi) is 3.55. The molecule has 0 saturated carbocycles. The molecule has 1 aromatic heterocycles. The monoisotopic (exact) mass is 225 g/mol. The van der Waals surface area contributed by atoms with E-state index in [9.17, 15) is 0 Å². The van der Waals surface area contributed by atoms with Crippen LogP contribution in [-0.4, -0.2) is 35.5 Å². The van der Waals surface area contributed by atoms with E-state index in [1.165, 1.54) is 0 Å². The molecule has 1 aliphatic rings. The highest BCUT2D eigenvalue weighted by atomic mass is 32.2. The van der Waals surface area contributed by atoms with Gasteiger partial charge in [-0.3, -0.25) is 0 Å². The summed E-state index contributed by atoms with van der Waals surface area (Å²) >= 11 is 1.96. The van der Waals surface area contributed by atoms with Gasteiger partial charge in [-0.1, -0.05) is 0 Å². The smallest absolute Gasteiger partial charge is 0.191 e. The first-order valence-corrected chi connectivity index (χ1v) is 6.17. The van der Waals surface area contributed by atoms with Crippen molar-refractivity contribution < 1.29 is 4.42 Å². The molecule has 1 aliphatic heterocycles. The predicted molar refractivity (Wildman–Crippen MR) is 62.9 cm³/mol. The Balaban J connectivity index is 1.88. The minimum absolute atomic E-state index is 0.530. The van der Waals surface area contributed by atoms with E-state index < -0.39 is 0 Å². The maximum Gasteiger partial charge on any atom is 0.191 e. The van der Waals surface area contributed by atoms with Crippen LogP contribution < -0.4 is 5.73 Å². The summed E-state index contributed by atoms with van der Waals surface area (Å²) in [5.74, 6) is 3.75. The zero-order chi connectivity index (χ0) is 10.5. The van der Waals surface area contributed by atoms with Crippen LogP contribution in [0.15, 0.2) is 27.8 Å². The first kappa shape index (κ1) is 10.4. The number of rotatable bonds is 2. The average molecular weight is 225 g/mol. The summed E-state index contributed by atoms with van der Waals surface area (Å²) in [7, 11) is 0. The van der Waals surface area contributed by atoms with E-state index in [4.69, 9.17) is 10.2 Å². The lowest BCUT2D eigenvalue weighted by Crippen LogP contribution is -2.42. The van der Waals surface area contributed by atoms with Crippen molar-refractivity contribution in [1.29, 1.82) is 0 Å². The summed E-state index contributed by atoms with van der Waals surface area (Å²) in [5.41, 5.74) is 5.89. The van der Waals surface area contributed by atoms with Gasteiger partial charge in [-0.05, 0) is 12.1 Å². The van der Waals surface area contributed by atoms with E-state index in [2.05, 4.69) is 9.89 Å². The van der Waals surface area contributed by atoms with Gasteiger partial charge in [-0.2, -0.15) is 11.8 Å². The molecule has 0 unspecified atom stereocenters. The maximum atomic E-state index is 5.89. The Morgan fingerprint density at radius 1 is 1.53 bits per heavy atom. The van der Waals surface area contributed by atoms with E-state index in [1.54, 1.807) is 6.26 Å². The molecule has 0 spiro atoms. The molecule has 0 radical (unpaired) electrons. The van der Waals surface area contributed by atoms with Crippen LogP contribution in [0.4, 0.5) is 0 Å². The van der Waals surface area contributed by atoms with Crippen molar-refractivity contribution in [2.24, 2.45) is 10.7 Å². The second-order valence-electron chi connectivity index (χ2n) is 3.35. The molecule has 1 aromatic rings. The molecule has 4 nitrogen and oxygen atoms in total. The second-order valence-corrected chi connectivity index (χ2v) is 4.58. The summed E-state index contributed by atoms with van der Waals surface area (Å²) in [6.45, 7) is 2.53. The van der Waals surface area contributed by atoms with Crippen LogP contribution in [0.1, 0.15) is 5.76 Å². The lowest BCUT2D eigenvalue weighted by Gasteiger charge is -2.27. The number of aliphatic imine (C=N–C) groups is 1. The Morgan fingerprint density at radius 2 is 2.33 bits per heavy atom. The first-order chi connectivity index (χ1) is 7.36. The molecule has 0 atom stereocenters. The van der Waals surface area contributed by atoms with E-state index in [0.717, 1.165) is 30.4 Å².